The lowest BCUT2D eigenvalue weighted by molar-refractivity contribution is 0.102. The molecule has 1 amide bonds. The number of benzene rings is 2. The zero-order valence-electron chi connectivity index (χ0n) is 12.3. The van der Waals surface area contributed by atoms with Gasteiger partial charge in [0.2, 0.25) is 0 Å². The van der Waals surface area contributed by atoms with E-state index in [0.29, 0.717) is 10.5 Å². The average molecular weight is 364 g/mol. The number of thiol groups is 1. The van der Waals surface area contributed by atoms with Crippen molar-refractivity contribution in [3.63, 3.8) is 0 Å². The van der Waals surface area contributed by atoms with Gasteiger partial charge in [-0.2, -0.15) is 0 Å². The zero-order valence-corrected chi connectivity index (χ0v) is 14.8. The molecular formula is C17H18BrNOS. The van der Waals surface area contributed by atoms with Crippen molar-refractivity contribution in [3.05, 3.63) is 58.1 Å². The molecule has 2 nitrogen and oxygen atoms in total. The van der Waals surface area contributed by atoms with Crippen molar-refractivity contribution in [2.45, 2.75) is 31.1 Å². The Morgan fingerprint density at radius 3 is 2.24 bits per heavy atom. The predicted octanol–water partition coefficient (Wildman–Crippen LogP) is 5.29. The van der Waals surface area contributed by atoms with Gasteiger partial charge in [0.25, 0.3) is 5.91 Å². The maximum atomic E-state index is 12.3. The van der Waals surface area contributed by atoms with Gasteiger partial charge in [-0.1, -0.05) is 48.8 Å². The normalized spacial score (nSPS) is 11.3. The van der Waals surface area contributed by atoms with Crippen LogP contribution in [0.1, 0.15) is 36.7 Å². The van der Waals surface area contributed by atoms with Crippen molar-refractivity contribution in [1.29, 1.82) is 0 Å². The lowest BCUT2D eigenvalue weighted by Crippen LogP contribution is -2.14. The second-order valence-electron chi connectivity index (χ2n) is 5.94. The van der Waals surface area contributed by atoms with Crippen LogP contribution in [0.15, 0.2) is 51.8 Å². The molecule has 1 N–H and O–H groups in total. The Kier molecular flexibility index (Phi) is 4.79. The standard InChI is InChI=1S/C17H18BrNOS/c1-17(2,3)11-4-7-13(8-5-11)19-16(20)14-9-6-12(18)10-15(14)21/h4-10,21H,1-3H3,(H,19,20). The third-order valence-corrected chi connectivity index (χ3v) is 4.08. The highest BCUT2D eigenvalue weighted by molar-refractivity contribution is 9.10. The minimum absolute atomic E-state index is 0.104. The topological polar surface area (TPSA) is 29.1 Å². The molecule has 0 aliphatic carbocycles. The summed E-state index contributed by atoms with van der Waals surface area (Å²) in [4.78, 5) is 12.9. The van der Waals surface area contributed by atoms with Crippen molar-refractivity contribution in [1.82, 2.24) is 0 Å². The summed E-state index contributed by atoms with van der Waals surface area (Å²) in [6.07, 6.45) is 0. The van der Waals surface area contributed by atoms with Gasteiger partial charge >= 0.3 is 0 Å². The van der Waals surface area contributed by atoms with Gasteiger partial charge in [-0.3, -0.25) is 4.79 Å². The van der Waals surface area contributed by atoms with E-state index in [1.54, 1.807) is 12.1 Å². The number of anilines is 1. The molecule has 21 heavy (non-hydrogen) atoms. The van der Waals surface area contributed by atoms with E-state index in [4.69, 9.17) is 0 Å². The predicted molar refractivity (Wildman–Crippen MR) is 94.5 cm³/mol. The maximum absolute atomic E-state index is 12.3. The molecule has 2 rings (SSSR count). The van der Waals surface area contributed by atoms with Gasteiger partial charge in [0.15, 0.2) is 0 Å². The van der Waals surface area contributed by atoms with E-state index in [1.165, 1.54) is 5.56 Å². The number of amides is 1. The van der Waals surface area contributed by atoms with E-state index in [-0.39, 0.29) is 11.3 Å². The van der Waals surface area contributed by atoms with Crippen LogP contribution in [-0.2, 0) is 5.41 Å². The summed E-state index contributed by atoms with van der Waals surface area (Å²) in [6.45, 7) is 6.49. The molecule has 0 saturated heterocycles. The molecule has 0 saturated carbocycles. The molecule has 4 heteroatoms. The van der Waals surface area contributed by atoms with Gasteiger partial charge in [-0.05, 0) is 41.3 Å². The number of carbonyl (C=O) groups excluding carboxylic acids is 1. The van der Waals surface area contributed by atoms with Crippen molar-refractivity contribution in [2.24, 2.45) is 0 Å². The summed E-state index contributed by atoms with van der Waals surface area (Å²) in [7, 11) is 0. The van der Waals surface area contributed by atoms with E-state index >= 15 is 0 Å². The van der Waals surface area contributed by atoms with Gasteiger partial charge in [0, 0.05) is 15.1 Å². The molecule has 0 bridgehead atoms. The monoisotopic (exact) mass is 363 g/mol. The SMILES string of the molecule is CC(C)(C)c1ccc(NC(=O)c2ccc(Br)cc2S)cc1. The molecule has 0 unspecified atom stereocenters. The van der Waals surface area contributed by atoms with Crippen molar-refractivity contribution in [2.75, 3.05) is 5.32 Å². The Bertz CT molecular complexity index is 659. The fraction of sp³-hybridized carbons (Fsp3) is 0.235. The number of rotatable bonds is 2. The summed E-state index contributed by atoms with van der Waals surface area (Å²) in [5, 5.41) is 2.89. The summed E-state index contributed by atoms with van der Waals surface area (Å²) in [5.74, 6) is -0.156. The maximum Gasteiger partial charge on any atom is 0.256 e. The quantitative estimate of drug-likeness (QED) is 0.697. The Morgan fingerprint density at radius 2 is 1.71 bits per heavy atom. The second-order valence-corrected chi connectivity index (χ2v) is 7.34. The second kappa shape index (κ2) is 6.24. The van der Waals surface area contributed by atoms with Crippen molar-refractivity contribution >= 4 is 40.2 Å². The highest BCUT2D eigenvalue weighted by Crippen LogP contribution is 2.24. The molecule has 0 radical (unpaired) electrons. The van der Waals surface area contributed by atoms with E-state index in [2.05, 4.69) is 54.6 Å². The van der Waals surface area contributed by atoms with Crippen LogP contribution in [0.25, 0.3) is 0 Å². The molecule has 0 heterocycles. The summed E-state index contributed by atoms with van der Waals surface area (Å²) in [5.41, 5.74) is 2.68. The highest BCUT2D eigenvalue weighted by Gasteiger charge is 2.14. The molecule has 0 aromatic heterocycles. The van der Waals surface area contributed by atoms with Gasteiger partial charge in [-0.25, -0.2) is 0 Å². The van der Waals surface area contributed by atoms with Crippen LogP contribution in [0.5, 0.6) is 0 Å². The number of carbonyl (C=O) groups is 1. The summed E-state index contributed by atoms with van der Waals surface area (Å²) < 4.78 is 0.901. The zero-order chi connectivity index (χ0) is 15.6. The first-order valence-corrected chi connectivity index (χ1v) is 7.92. The average Bonchev–Trinajstić information content (AvgIpc) is 2.38. The summed E-state index contributed by atoms with van der Waals surface area (Å²) in [6, 6.07) is 13.3. The lowest BCUT2D eigenvalue weighted by Gasteiger charge is -2.19. The van der Waals surface area contributed by atoms with E-state index in [9.17, 15) is 4.79 Å². The van der Waals surface area contributed by atoms with Crippen molar-refractivity contribution < 1.29 is 4.79 Å². The lowest BCUT2D eigenvalue weighted by atomic mass is 9.87. The number of nitrogens with one attached hydrogen (secondary N) is 1. The van der Waals surface area contributed by atoms with Gasteiger partial charge < -0.3 is 5.32 Å². The van der Waals surface area contributed by atoms with Crippen LogP contribution in [0, 0.1) is 0 Å². The van der Waals surface area contributed by atoms with Gasteiger partial charge in [0.1, 0.15) is 0 Å². The van der Waals surface area contributed by atoms with Crippen LogP contribution in [0.3, 0.4) is 0 Å². The fourth-order valence-electron chi connectivity index (χ4n) is 1.95. The third kappa shape index (κ3) is 4.11. The van der Waals surface area contributed by atoms with E-state index < -0.39 is 0 Å². The van der Waals surface area contributed by atoms with E-state index in [1.807, 2.05) is 30.3 Å². The molecular weight excluding hydrogens is 346 g/mol. The molecule has 2 aromatic rings. The Labute approximate surface area is 139 Å². The first kappa shape index (κ1) is 16.1. The Hall–Kier alpha value is -1.26. The molecule has 110 valence electrons. The molecule has 0 aliphatic rings. The van der Waals surface area contributed by atoms with Gasteiger partial charge in [0.05, 0.1) is 5.56 Å². The Morgan fingerprint density at radius 1 is 1.10 bits per heavy atom. The third-order valence-electron chi connectivity index (χ3n) is 3.21. The van der Waals surface area contributed by atoms with Crippen LogP contribution in [-0.4, -0.2) is 5.91 Å². The van der Waals surface area contributed by atoms with Crippen LogP contribution < -0.4 is 5.32 Å². The molecule has 0 spiro atoms. The highest BCUT2D eigenvalue weighted by atomic mass is 79.9. The molecule has 0 aliphatic heterocycles. The Balaban J connectivity index is 2.16. The minimum Gasteiger partial charge on any atom is -0.322 e. The molecule has 0 fully saturated rings. The largest absolute Gasteiger partial charge is 0.322 e. The smallest absolute Gasteiger partial charge is 0.256 e. The fourth-order valence-corrected chi connectivity index (χ4v) is 2.80. The molecule has 0 atom stereocenters. The van der Waals surface area contributed by atoms with Crippen LogP contribution >= 0.6 is 28.6 Å². The van der Waals surface area contributed by atoms with Crippen LogP contribution in [0.4, 0.5) is 5.69 Å². The summed E-state index contributed by atoms with van der Waals surface area (Å²) >= 11 is 7.69. The van der Waals surface area contributed by atoms with Crippen molar-refractivity contribution in [3.8, 4) is 0 Å². The first-order valence-electron chi connectivity index (χ1n) is 6.68. The first-order chi connectivity index (χ1) is 9.77. The van der Waals surface area contributed by atoms with E-state index in [0.717, 1.165) is 10.2 Å². The number of halogens is 1. The van der Waals surface area contributed by atoms with Crippen LogP contribution in [0.2, 0.25) is 0 Å². The van der Waals surface area contributed by atoms with Gasteiger partial charge in [-0.15, -0.1) is 12.6 Å². The molecule has 2 aromatic carbocycles. The minimum atomic E-state index is -0.156. The number of hydrogen-bond acceptors (Lipinski definition) is 2. The number of hydrogen-bond donors (Lipinski definition) is 2.